The minimum atomic E-state index is -0.533. The molecule has 1 atom stereocenters. The van der Waals surface area contributed by atoms with Crippen LogP contribution in [-0.4, -0.2) is 28.4 Å². The van der Waals surface area contributed by atoms with Crippen molar-refractivity contribution in [2.24, 2.45) is 5.41 Å². The van der Waals surface area contributed by atoms with Gasteiger partial charge in [-0.2, -0.15) is 0 Å². The topological polar surface area (TPSA) is 46.6 Å². The van der Waals surface area contributed by atoms with Crippen molar-refractivity contribution in [2.75, 3.05) is 0 Å². The zero-order valence-electron chi connectivity index (χ0n) is 12.1. The van der Waals surface area contributed by atoms with Crippen LogP contribution in [0.25, 0.3) is 0 Å². The van der Waals surface area contributed by atoms with Crippen molar-refractivity contribution in [3.05, 3.63) is 12.3 Å². The Morgan fingerprint density at radius 2 is 1.83 bits per heavy atom. The van der Waals surface area contributed by atoms with Crippen molar-refractivity contribution >= 4 is 11.9 Å². The van der Waals surface area contributed by atoms with E-state index in [-0.39, 0.29) is 17.2 Å². The van der Waals surface area contributed by atoms with Crippen LogP contribution in [0.3, 0.4) is 0 Å². The van der Waals surface area contributed by atoms with Crippen LogP contribution in [0.4, 0.5) is 4.79 Å². The maximum Gasteiger partial charge on any atom is 0.414 e. The average Bonchev–Trinajstić information content (AvgIpc) is 2.13. The average molecular weight is 253 g/mol. The summed E-state index contributed by atoms with van der Waals surface area (Å²) in [4.78, 5) is 25.2. The molecule has 0 saturated heterocycles. The minimum absolute atomic E-state index is 0.0507. The summed E-state index contributed by atoms with van der Waals surface area (Å²) in [5.74, 6) is 0.0507. The highest BCUT2D eigenvalue weighted by molar-refractivity contribution is 5.92. The molecule has 4 nitrogen and oxygen atoms in total. The van der Waals surface area contributed by atoms with Gasteiger partial charge in [0.05, 0.1) is 6.04 Å². The molecule has 1 aliphatic rings. The molecule has 1 unspecified atom stereocenters. The largest absolute Gasteiger partial charge is 0.443 e. The van der Waals surface area contributed by atoms with Crippen molar-refractivity contribution in [3.8, 4) is 0 Å². The first-order chi connectivity index (χ1) is 8.00. The second-order valence-corrected chi connectivity index (χ2v) is 6.76. The van der Waals surface area contributed by atoms with E-state index >= 15 is 0 Å². The lowest BCUT2D eigenvalue weighted by Gasteiger charge is -2.40. The second-order valence-electron chi connectivity index (χ2n) is 6.76. The number of rotatable bonds is 0. The highest BCUT2D eigenvalue weighted by Gasteiger charge is 2.37. The molecular formula is C14H23NO3. The molecule has 102 valence electrons. The third-order valence-corrected chi connectivity index (χ3v) is 2.76. The van der Waals surface area contributed by atoms with Gasteiger partial charge in [0.2, 0.25) is 0 Å². The molecule has 0 aromatic heterocycles. The molecule has 0 fully saturated rings. The molecular weight excluding hydrogens is 230 g/mol. The number of allylic oxidation sites excluding steroid dienone is 1. The normalized spacial score (nSPS) is 21.1. The van der Waals surface area contributed by atoms with E-state index in [1.807, 2.05) is 41.5 Å². The summed E-state index contributed by atoms with van der Waals surface area (Å²) in [5, 5.41) is 0. The predicted octanol–water partition coefficient (Wildman–Crippen LogP) is 3.12. The van der Waals surface area contributed by atoms with Crippen molar-refractivity contribution < 1.29 is 14.3 Å². The number of hydrogen-bond acceptors (Lipinski definition) is 3. The lowest BCUT2D eigenvalue weighted by molar-refractivity contribution is -0.117. The molecule has 0 aliphatic carbocycles. The lowest BCUT2D eigenvalue weighted by Crippen LogP contribution is -2.48. The van der Waals surface area contributed by atoms with Gasteiger partial charge in [-0.15, -0.1) is 0 Å². The predicted molar refractivity (Wildman–Crippen MR) is 70.1 cm³/mol. The Hall–Kier alpha value is -1.32. The van der Waals surface area contributed by atoms with E-state index in [0.29, 0.717) is 6.42 Å². The first-order valence-corrected chi connectivity index (χ1v) is 6.23. The van der Waals surface area contributed by atoms with Gasteiger partial charge in [0, 0.05) is 12.6 Å². The summed E-state index contributed by atoms with van der Waals surface area (Å²) < 4.78 is 5.36. The fourth-order valence-corrected chi connectivity index (χ4v) is 1.85. The fourth-order valence-electron chi connectivity index (χ4n) is 1.85. The smallest absolute Gasteiger partial charge is 0.414 e. The zero-order chi connectivity index (χ0) is 14.1. The Morgan fingerprint density at radius 3 is 2.28 bits per heavy atom. The molecule has 1 amide bonds. The van der Waals surface area contributed by atoms with E-state index in [0.717, 1.165) is 0 Å². The van der Waals surface area contributed by atoms with Crippen LogP contribution in [0.1, 0.15) is 48.0 Å². The van der Waals surface area contributed by atoms with E-state index in [1.165, 1.54) is 17.2 Å². The van der Waals surface area contributed by atoms with Crippen LogP contribution >= 0.6 is 0 Å². The van der Waals surface area contributed by atoms with Crippen molar-refractivity contribution in [3.63, 3.8) is 0 Å². The fraction of sp³-hybridized carbons (Fsp3) is 0.714. The van der Waals surface area contributed by atoms with Gasteiger partial charge in [0.25, 0.3) is 0 Å². The maximum atomic E-state index is 12.1. The Bertz CT molecular complexity index is 371. The SMILES string of the molecule is CC(C)(C)OC(=O)N1C=CC(=O)CC1C(C)(C)C. The van der Waals surface area contributed by atoms with Gasteiger partial charge in [-0.25, -0.2) is 4.79 Å². The molecule has 1 aliphatic heterocycles. The number of ether oxygens (including phenoxy) is 1. The number of nitrogens with zero attached hydrogens (tertiary/aromatic N) is 1. The lowest BCUT2D eigenvalue weighted by atomic mass is 9.82. The quantitative estimate of drug-likeness (QED) is 0.666. The molecule has 0 bridgehead atoms. The van der Waals surface area contributed by atoms with Crippen LogP contribution in [0.5, 0.6) is 0 Å². The molecule has 0 spiro atoms. The molecule has 0 saturated carbocycles. The highest BCUT2D eigenvalue weighted by atomic mass is 16.6. The molecule has 1 rings (SSSR count). The van der Waals surface area contributed by atoms with E-state index in [4.69, 9.17) is 4.74 Å². The summed E-state index contributed by atoms with van der Waals surface area (Å²) in [6.45, 7) is 11.5. The summed E-state index contributed by atoms with van der Waals surface area (Å²) >= 11 is 0. The zero-order valence-corrected chi connectivity index (χ0v) is 12.1. The van der Waals surface area contributed by atoms with Crippen LogP contribution in [0.2, 0.25) is 0 Å². The number of carbonyl (C=O) groups is 2. The van der Waals surface area contributed by atoms with E-state index in [9.17, 15) is 9.59 Å². The van der Waals surface area contributed by atoms with E-state index in [1.54, 1.807) is 0 Å². The third-order valence-electron chi connectivity index (χ3n) is 2.76. The highest BCUT2D eigenvalue weighted by Crippen LogP contribution is 2.31. The minimum Gasteiger partial charge on any atom is -0.443 e. The van der Waals surface area contributed by atoms with Crippen LogP contribution in [-0.2, 0) is 9.53 Å². The van der Waals surface area contributed by atoms with Gasteiger partial charge in [0.1, 0.15) is 5.60 Å². The Labute approximate surface area is 109 Å². The summed E-state index contributed by atoms with van der Waals surface area (Å²) in [5.41, 5.74) is -0.702. The number of carbonyl (C=O) groups excluding carboxylic acids is 2. The molecule has 0 aromatic rings. The molecule has 4 heteroatoms. The van der Waals surface area contributed by atoms with Crippen molar-refractivity contribution in [2.45, 2.75) is 59.6 Å². The van der Waals surface area contributed by atoms with Crippen LogP contribution < -0.4 is 0 Å². The van der Waals surface area contributed by atoms with E-state index in [2.05, 4.69) is 0 Å². The number of amides is 1. The maximum absolute atomic E-state index is 12.1. The Kier molecular flexibility index (Phi) is 3.89. The summed E-state index contributed by atoms with van der Waals surface area (Å²) in [6.07, 6.45) is 2.92. The Morgan fingerprint density at radius 1 is 1.28 bits per heavy atom. The van der Waals surface area contributed by atoms with Gasteiger partial charge >= 0.3 is 6.09 Å². The van der Waals surface area contributed by atoms with Gasteiger partial charge in [-0.05, 0) is 32.3 Å². The molecule has 0 radical (unpaired) electrons. The van der Waals surface area contributed by atoms with Gasteiger partial charge < -0.3 is 4.74 Å². The van der Waals surface area contributed by atoms with E-state index < -0.39 is 11.7 Å². The second kappa shape index (κ2) is 4.75. The molecule has 1 heterocycles. The molecule has 0 aromatic carbocycles. The molecule has 0 N–H and O–H groups in total. The van der Waals surface area contributed by atoms with Crippen molar-refractivity contribution in [1.82, 2.24) is 4.90 Å². The number of ketones is 1. The van der Waals surface area contributed by atoms with Crippen molar-refractivity contribution in [1.29, 1.82) is 0 Å². The standard InChI is InChI=1S/C14H23NO3/c1-13(2,3)11-9-10(16)7-8-15(11)12(17)18-14(4,5)6/h7-8,11H,9H2,1-6H3. The third kappa shape index (κ3) is 3.86. The Balaban J connectivity index is 2.93. The first-order valence-electron chi connectivity index (χ1n) is 6.23. The van der Waals surface area contributed by atoms with Gasteiger partial charge in [-0.3, -0.25) is 9.69 Å². The van der Waals surface area contributed by atoms with Gasteiger partial charge in [0.15, 0.2) is 5.78 Å². The first kappa shape index (κ1) is 14.7. The number of hydrogen-bond donors (Lipinski definition) is 0. The van der Waals surface area contributed by atoms with Crippen LogP contribution in [0, 0.1) is 5.41 Å². The summed E-state index contributed by atoms with van der Waals surface area (Å²) in [7, 11) is 0. The monoisotopic (exact) mass is 253 g/mol. The molecule has 18 heavy (non-hydrogen) atoms. The summed E-state index contributed by atoms with van der Waals surface area (Å²) in [6, 6.07) is -0.162. The van der Waals surface area contributed by atoms with Crippen LogP contribution in [0.15, 0.2) is 12.3 Å². The van der Waals surface area contributed by atoms with Gasteiger partial charge in [-0.1, -0.05) is 20.8 Å².